The molecule has 8 nitrogen and oxygen atoms in total. The van der Waals surface area contributed by atoms with E-state index in [1.807, 2.05) is 19.9 Å². The zero-order valence-electron chi connectivity index (χ0n) is 13.9. The standard InChI is InChI=1S/C16H18N6O2S/c1-9(2)13-11-6-10(7-17)25-14(11)15(24)22(21-13)8-12(23)20-16-18-4-3-5-19-16/h3-6,9H,7-8,17H2,1-2H3,(H,18,19,20,23). The van der Waals surface area contributed by atoms with Crippen molar-refractivity contribution in [1.29, 1.82) is 0 Å². The molecule has 0 spiro atoms. The van der Waals surface area contributed by atoms with E-state index in [1.165, 1.54) is 28.4 Å². The number of aromatic nitrogens is 4. The Kier molecular flexibility index (Phi) is 4.86. The summed E-state index contributed by atoms with van der Waals surface area (Å²) in [5.74, 6) is -0.118. The van der Waals surface area contributed by atoms with Crippen LogP contribution in [-0.2, 0) is 17.9 Å². The van der Waals surface area contributed by atoms with Gasteiger partial charge in [-0.1, -0.05) is 13.8 Å². The summed E-state index contributed by atoms with van der Waals surface area (Å²) >= 11 is 1.35. The third-order valence-corrected chi connectivity index (χ3v) is 4.72. The van der Waals surface area contributed by atoms with E-state index < -0.39 is 5.91 Å². The van der Waals surface area contributed by atoms with Crippen molar-refractivity contribution in [2.45, 2.75) is 32.9 Å². The largest absolute Gasteiger partial charge is 0.326 e. The highest BCUT2D eigenvalue weighted by atomic mass is 32.1. The van der Waals surface area contributed by atoms with Crippen LogP contribution in [0.1, 0.15) is 30.3 Å². The summed E-state index contributed by atoms with van der Waals surface area (Å²) in [6, 6.07) is 3.56. The molecule has 0 aliphatic carbocycles. The van der Waals surface area contributed by atoms with Crippen LogP contribution in [0.15, 0.2) is 29.3 Å². The van der Waals surface area contributed by atoms with E-state index in [1.54, 1.807) is 6.07 Å². The summed E-state index contributed by atoms with van der Waals surface area (Å²) in [5, 5.41) is 7.76. The molecule has 0 aliphatic heterocycles. The summed E-state index contributed by atoms with van der Waals surface area (Å²) < 4.78 is 1.76. The number of thiophene rings is 1. The molecule has 3 N–H and O–H groups in total. The maximum Gasteiger partial charge on any atom is 0.285 e. The van der Waals surface area contributed by atoms with Crippen molar-refractivity contribution >= 4 is 33.3 Å². The number of fused-ring (bicyclic) bond motifs is 1. The minimum absolute atomic E-state index is 0.107. The third-order valence-electron chi connectivity index (χ3n) is 3.57. The fourth-order valence-corrected chi connectivity index (χ4v) is 3.42. The third kappa shape index (κ3) is 3.57. The zero-order chi connectivity index (χ0) is 18.0. The second kappa shape index (κ2) is 7.08. The van der Waals surface area contributed by atoms with E-state index >= 15 is 0 Å². The van der Waals surface area contributed by atoms with Gasteiger partial charge in [-0.15, -0.1) is 11.3 Å². The van der Waals surface area contributed by atoms with E-state index in [-0.39, 0.29) is 24.0 Å². The fraction of sp³-hybridized carbons (Fsp3) is 0.312. The smallest absolute Gasteiger partial charge is 0.285 e. The van der Waals surface area contributed by atoms with Gasteiger partial charge in [-0.05, 0) is 18.1 Å². The zero-order valence-corrected chi connectivity index (χ0v) is 14.7. The number of hydrogen-bond donors (Lipinski definition) is 2. The van der Waals surface area contributed by atoms with E-state index in [4.69, 9.17) is 5.73 Å². The quantitative estimate of drug-likeness (QED) is 0.713. The van der Waals surface area contributed by atoms with Crippen molar-refractivity contribution in [1.82, 2.24) is 19.7 Å². The first-order chi connectivity index (χ1) is 12.0. The van der Waals surface area contributed by atoms with Crippen molar-refractivity contribution in [3.63, 3.8) is 0 Å². The molecule has 9 heteroatoms. The first-order valence-electron chi connectivity index (χ1n) is 7.80. The highest BCUT2D eigenvalue weighted by Gasteiger charge is 2.18. The van der Waals surface area contributed by atoms with Crippen LogP contribution >= 0.6 is 11.3 Å². The van der Waals surface area contributed by atoms with Crippen molar-refractivity contribution in [3.05, 3.63) is 45.5 Å². The molecule has 25 heavy (non-hydrogen) atoms. The second-order valence-electron chi connectivity index (χ2n) is 5.78. The number of nitrogens with zero attached hydrogens (tertiary/aromatic N) is 4. The molecule has 0 aromatic carbocycles. The van der Waals surface area contributed by atoms with Gasteiger partial charge in [0.05, 0.1) is 5.69 Å². The second-order valence-corrected chi connectivity index (χ2v) is 6.92. The lowest BCUT2D eigenvalue weighted by Gasteiger charge is -2.11. The first kappa shape index (κ1) is 17.2. The van der Waals surface area contributed by atoms with Crippen LogP contribution in [0, 0.1) is 0 Å². The van der Waals surface area contributed by atoms with Crippen molar-refractivity contribution in [3.8, 4) is 0 Å². The van der Waals surface area contributed by atoms with Gasteiger partial charge in [-0.25, -0.2) is 14.6 Å². The number of rotatable bonds is 5. The number of hydrogen-bond acceptors (Lipinski definition) is 7. The van der Waals surface area contributed by atoms with Crippen LogP contribution in [-0.4, -0.2) is 25.7 Å². The number of nitrogens with one attached hydrogen (secondary N) is 1. The normalized spacial score (nSPS) is 11.2. The minimum Gasteiger partial charge on any atom is -0.326 e. The topological polar surface area (TPSA) is 116 Å². The molecule has 3 heterocycles. The van der Waals surface area contributed by atoms with Gasteiger partial charge in [0, 0.05) is 29.2 Å². The van der Waals surface area contributed by atoms with Gasteiger partial charge in [-0.2, -0.15) is 5.10 Å². The lowest BCUT2D eigenvalue weighted by Crippen LogP contribution is -2.30. The van der Waals surface area contributed by atoms with Gasteiger partial charge in [0.2, 0.25) is 11.9 Å². The molecule has 3 aromatic heterocycles. The summed E-state index contributed by atoms with van der Waals surface area (Å²) in [5.41, 5.74) is 6.17. The van der Waals surface area contributed by atoms with Crippen molar-refractivity contribution in [2.75, 3.05) is 5.32 Å². The maximum absolute atomic E-state index is 12.7. The molecule has 0 radical (unpaired) electrons. The number of nitrogens with two attached hydrogens (primary N) is 1. The average Bonchev–Trinajstić information content (AvgIpc) is 3.02. The Balaban J connectivity index is 1.97. The summed E-state index contributed by atoms with van der Waals surface area (Å²) in [6.07, 6.45) is 3.05. The summed E-state index contributed by atoms with van der Waals surface area (Å²) in [6.45, 7) is 4.15. The average molecular weight is 358 g/mol. The molecule has 0 bridgehead atoms. The molecule has 0 unspecified atom stereocenters. The Morgan fingerprint density at radius 3 is 2.72 bits per heavy atom. The molecular formula is C16H18N6O2S. The number of carbonyl (C=O) groups is 1. The molecule has 0 atom stereocenters. The Morgan fingerprint density at radius 1 is 1.36 bits per heavy atom. The molecule has 0 fully saturated rings. The van der Waals surface area contributed by atoms with Gasteiger partial charge >= 0.3 is 0 Å². The van der Waals surface area contributed by atoms with Crippen LogP contribution in [0.25, 0.3) is 10.1 Å². The lowest BCUT2D eigenvalue weighted by atomic mass is 10.1. The van der Waals surface area contributed by atoms with E-state index in [0.717, 1.165) is 16.0 Å². The molecule has 3 rings (SSSR count). The van der Waals surface area contributed by atoms with Crippen LogP contribution in [0.5, 0.6) is 0 Å². The van der Waals surface area contributed by atoms with Crippen molar-refractivity contribution < 1.29 is 4.79 Å². The van der Waals surface area contributed by atoms with Crippen LogP contribution in [0.4, 0.5) is 5.95 Å². The maximum atomic E-state index is 12.7. The van der Waals surface area contributed by atoms with E-state index in [9.17, 15) is 9.59 Å². The number of carbonyl (C=O) groups excluding carboxylic acids is 1. The first-order valence-corrected chi connectivity index (χ1v) is 8.61. The highest BCUT2D eigenvalue weighted by molar-refractivity contribution is 7.19. The highest BCUT2D eigenvalue weighted by Crippen LogP contribution is 2.28. The molecule has 3 aromatic rings. The number of anilines is 1. The van der Waals surface area contributed by atoms with E-state index in [0.29, 0.717) is 11.2 Å². The minimum atomic E-state index is -0.412. The monoisotopic (exact) mass is 358 g/mol. The van der Waals surface area contributed by atoms with Crippen molar-refractivity contribution in [2.24, 2.45) is 5.73 Å². The Bertz CT molecular complexity index is 964. The van der Waals surface area contributed by atoms with Crippen LogP contribution in [0.3, 0.4) is 0 Å². The van der Waals surface area contributed by atoms with Crippen LogP contribution < -0.4 is 16.6 Å². The molecule has 1 amide bonds. The molecular weight excluding hydrogens is 340 g/mol. The lowest BCUT2D eigenvalue weighted by molar-refractivity contribution is -0.117. The molecule has 0 saturated carbocycles. The Labute approximate surface area is 147 Å². The molecule has 0 saturated heterocycles. The summed E-state index contributed by atoms with van der Waals surface area (Å²) in [4.78, 5) is 33.7. The van der Waals surface area contributed by atoms with E-state index in [2.05, 4.69) is 20.4 Å². The SMILES string of the molecule is CC(C)c1nn(CC(=O)Nc2ncccn2)c(=O)c2sc(CN)cc12. The van der Waals surface area contributed by atoms with Gasteiger partial charge in [-0.3, -0.25) is 14.9 Å². The predicted molar refractivity (Wildman–Crippen MR) is 96.5 cm³/mol. The summed E-state index contributed by atoms with van der Waals surface area (Å²) in [7, 11) is 0. The predicted octanol–water partition coefficient (Wildman–Crippen LogP) is 1.47. The van der Waals surface area contributed by atoms with Gasteiger partial charge in [0.1, 0.15) is 11.2 Å². The molecule has 130 valence electrons. The van der Waals surface area contributed by atoms with Gasteiger partial charge in [0.15, 0.2) is 0 Å². The van der Waals surface area contributed by atoms with Gasteiger partial charge in [0.25, 0.3) is 5.56 Å². The Hall–Kier alpha value is -2.65. The van der Waals surface area contributed by atoms with Crippen LogP contribution in [0.2, 0.25) is 0 Å². The molecule has 0 aliphatic rings. The number of amides is 1. The van der Waals surface area contributed by atoms with Gasteiger partial charge < -0.3 is 5.73 Å². The fourth-order valence-electron chi connectivity index (χ4n) is 2.44. The Morgan fingerprint density at radius 2 is 2.08 bits per heavy atom.